The number of rotatable bonds is 3. The van der Waals surface area contributed by atoms with Gasteiger partial charge in [-0.3, -0.25) is 0 Å². The maximum atomic E-state index is 13.4. The van der Waals surface area contributed by atoms with Crippen molar-refractivity contribution in [3.63, 3.8) is 0 Å². The fourth-order valence-electron chi connectivity index (χ4n) is 1.39. The molecule has 0 aliphatic carbocycles. The van der Waals surface area contributed by atoms with Gasteiger partial charge in [0.15, 0.2) is 0 Å². The number of halogens is 2. The van der Waals surface area contributed by atoms with Crippen LogP contribution in [-0.2, 0) is 6.42 Å². The van der Waals surface area contributed by atoms with Gasteiger partial charge in [-0.1, -0.05) is 0 Å². The summed E-state index contributed by atoms with van der Waals surface area (Å²) in [6, 6.07) is 3.27. The van der Waals surface area contributed by atoms with Crippen LogP contribution in [-0.4, -0.2) is 12.6 Å². The Morgan fingerprint density at radius 2 is 2.07 bits per heavy atom. The molecular formula is C11H15BrFNO. The van der Waals surface area contributed by atoms with E-state index in [1.165, 1.54) is 13.2 Å². The summed E-state index contributed by atoms with van der Waals surface area (Å²) in [6.07, 6.45) is 0.605. The lowest BCUT2D eigenvalue weighted by Gasteiger charge is -2.19. The lowest BCUT2D eigenvalue weighted by Crippen LogP contribution is -2.34. The molecule has 4 heteroatoms. The zero-order valence-electron chi connectivity index (χ0n) is 9.10. The molecule has 0 amide bonds. The number of ether oxygens (including phenoxy) is 1. The van der Waals surface area contributed by atoms with E-state index in [0.29, 0.717) is 16.6 Å². The van der Waals surface area contributed by atoms with Crippen molar-refractivity contribution < 1.29 is 9.13 Å². The van der Waals surface area contributed by atoms with Crippen molar-refractivity contribution in [2.45, 2.75) is 25.8 Å². The van der Waals surface area contributed by atoms with Crippen LogP contribution in [0.1, 0.15) is 19.4 Å². The first-order valence-electron chi connectivity index (χ1n) is 4.64. The maximum Gasteiger partial charge on any atom is 0.141 e. The molecular weight excluding hydrogens is 261 g/mol. The van der Waals surface area contributed by atoms with Gasteiger partial charge in [-0.05, 0) is 53.9 Å². The molecule has 0 saturated heterocycles. The summed E-state index contributed by atoms with van der Waals surface area (Å²) in [4.78, 5) is 0. The Labute approximate surface area is 97.7 Å². The molecule has 1 rings (SSSR count). The van der Waals surface area contributed by atoms with Crippen molar-refractivity contribution in [1.29, 1.82) is 0 Å². The normalized spacial score (nSPS) is 11.6. The van der Waals surface area contributed by atoms with Gasteiger partial charge >= 0.3 is 0 Å². The van der Waals surface area contributed by atoms with Crippen LogP contribution < -0.4 is 10.5 Å². The van der Waals surface area contributed by atoms with Crippen molar-refractivity contribution in [2.75, 3.05) is 7.11 Å². The minimum absolute atomic E-state index is 0.325. The highest BCUT2D eigenvalue weighted by atomic mass is 79.9. The van der Waals surface area contributed by atoms with E-state index >= 15 is 0 Å². The van der Waals surface area contributed by atoms with E-state index < -0.39 is 0 Å². The van der Waals surface area contributed by atoms with Crippen LogP contribution in [0, 0.1) is 5.82 Å². The number of nitrogens with two attached hydrogens (primary N) is 1. The van der Waals surface area contributed by atoms with E-state index in [4.69, 9.17) is 10.5 Å². The zero-order chi connectivity index (χ0) is 11.6. The largest absolute Gasteiger partial charge is 0.495 e. The third-order valence-electron chi connectivity index (χ3n) is 1.93. The van der Waals surface area contributed by atoms with Gasteiger partial charge in [-0.15, -0.1) is 0 Å². The molecule has 15 heavy (non-hydrogen) atoms. The second-order valence-electron chi connectivity index (χ2n) is 4.26. The van der Waals surface area contributed by atoms with E-state index in [-0.39, 0.29) is 11.4 Å². The average molecular weight is 276 g/mol. The van der Waals surface area contributed by atoms with Crippen LogP contribution in [0.25, 0.3) is 0 Å². The second kappa shape index (κ2) is 4.49. The molecule has 0 heterocycles. The lowest BCUT2D eigenvalue weighted by molar-refractivity contribution is 0.406. The highest BCUT2D eigenvalue weighted by Crippen LogP contribution is 2.30. The summed E-state index contributed by atoms with van der Waals surface area (Å²) >= 11 is 3.12. The van der Waals surface area contributed by atoms with Crippen molar-refractivity contribution in [2.24, 2.45) is 5.73 Å². The van der Waals surface area contributed by atoms with Crippen LogP contribution in [0.4, 0.5) is 4.39 Å². The maximum absolute atomic E-state index is 13.4. The van der Waals surface area contributed by atoms with Crippen LogP contribution in [0.3, 0.4) is 0 Å². The van der Waals surface area contributed by atoms with E-state index in [1.807, 2.05) is 13.8 Å². The molecule has 84 valence electrons. The first kappa shape index (κ1) is 12.5. The van der Waals surface area contributed by atoms with Gasteiger partial charge in [0, 0.05) is 5.54 Å². The number of hydrogen-bond donors (Lipinski definition) is 1. The molecule has 0 bridgehead atoms. The van der Waals surface area contributed by atoms with Gasteiger partial charge in [0.1, 0.15) is 11.6 Å². The molecule has 0 saturated carbocycles. The number of hydrogen-bond acceptors (Lipinski definition) is 2. The fraction of sp³-hybridized carbons (Fsp3) is 0.455. The molecule has 0 radical (unpaired) electrons. The van der Waals surface area contributed by atoms with E-state index in [1.54, 1.807) is 6.07 Å². The fourth-order valence-corrected chi connectivity index (χ4v) is 1.78. The molecule has 0 fully saturated rings. The minimum Gasteiger partial charge on any atom is -0.495 e. The lowest BCUT2D eigenvalue weighted by atomic mass is 9.96. The first-order valence-corrected chi connectivity index (χ1v) is 5.43. The highest BCUT2D eigenvalue weighted by molar-refractivity contribution is 9.10. The van der Waals surface area contributed by atoms with Gasteiger partial charge in [0.25, 0.3) is 0 Å². The molecule has 0 aliphatic rings. The predicted molar refractivity (Wildman–Crippen MR) is 62.6 cm³/mol. The molecule has 0 atom stereocenters. The molecule has 1 aromatic carbocycles. The molecule has 0 aliphatic heterocycles. The van der Waals surface area contributed by atoms with Crippen molar-refractivity contribution in [3.8, 4) is 5.75 Å². The van der Waals surface area contributed by atoms with Crippen molar-refractivity contribution in [1.82, 2.24) is 0 Å². The number of methoxy groups -OCH3 is 1. The second-order valence-corrected chi connectivity index (χ2v) is 5.05. The predicted octanol–water partition coefficient (Wildman–Crippen LogP) is 2.88. The smallest absolute Gasteiger partial charge is 0.141 e. The Bertz CT molecular complexity index is 360. The molecule has 0 aromatic heterocycles. The van der Waals surface area contributed by atoms with Crippen LogP contribution >= 0.6 is 15.9 Å². The third-order valence-corrected chi connectivity index (χ3v) is 2.70. The minimum atomic E-state index is -0.356. The Hall–Kier alpha value is -0.610. The molecule has 0 spiro atoms. The zero-order valence-corrected chi connectivity index (χ0v) is 10.7. The number of benzene rings is 1. The van der Waals surface area contributed by atoms with Crippen molar-refractivity contribution in [3.05, 3.63) is 28.0 Å². The standard InChI is InChI=1S/C11H15BrFNO/c1-11(2,14)6-7-4-8(13)10(12)9(5-7)15-3/h4-5H,6,14H2,1-3H3. The van der Waals surface area contributed by atoms with Gasteiger partial charge in [0.05, 0.1) is 11.6 Å². The molecule has 2 N–H and O–H groups in total. The highest BCUT2D eigenvalue weighted by Gasteiger charge is 2.15. The van der Waals surface area contributed by atoms with Gasteiger partial charge in [-0.25, -0.2) is 4.39 Å². The summed E-state index contributed by atoms with van der Waals surface area (Å²) in [5, 5.41) is 0. The monoisotopic (exact) mass is 275 g/mol. The van der Waals surface area contributed by atoms with Gasteiger partial charge in [0.2, 0.25) is 0 Å². The van der Waals surface area contributed by atoms with E-state index in [9.17, 15) is 4.39 Å². The Morgan fingerprint density at radius 1 is 1.47 bits per heavy atom. The van der Waals surface area contributed by atoms with Crippen molar-refractivity contribution >= 4 is 15.9 Å². The van der Waals surface area contributed by atoms with Gasteiger partial charge in [-0.2, -0.15) is 0 Å². The Morgan fingerprint density at radius 3 is 2.53 bits per heavy atom. The summed E-state index contributed by atoms with van der Waals surface area (Å²) in [7, 11) is 1.51. The summed E-state index contributed by atoms with van der Waals surface area (Å²) in [5.74, 6) is 0.169. The van der Waals surface area contributed by atoms with Crippen LogP contribution in [0.2, 0.25) is 0 Å². The molecule has 2 nitrogen and oxygen atoms in total. The quantitative estimate of drug-likeness (QED) is 0.921. The topological polar surface area (TPSA) is 35.2 Å². The van der Waals surface area contributed by atoms with Crippen LogP contribution in [0.15, 0.2) is 16.6 Å². The van der Waals surface area contributed by atoms with E-state index in [2.05, 4.69) is 15.9 Å². The average Bonchev–Trinajstić information content (AvgIpc) is 2.08. The Balaban J connectivity index is 3.06. The summed E-state index contributed by atoms with van der Waals surface area (Å²) in [6.45, 7) is 3.80. The third kappa shape index (κ3) is 3.47. The molecule has 1 aromatic rings. The summed E-state index contributed by atoms with van der Waals surface area (Å²) in [5.41, 5.74) is 6.35. The first-order chi connectivity index (χ1) is 6.83. The Kier molecular flexibility index (Phi) is 3.73. The summed E-state index contributed by atoms with van der Waals surface area (Å²) < 4.78 is 18.8. The van der Waals surface area contributed by atoms with E-state index in [0.717, 1.165) is 5.56 Å². The SMILES string of the molecule is COc1cc(CC(C)(C)N)cc(F)c1Br. The molecule has 0 unspecified atom stereocenters. The van der Waals surface area contributed by atoms with Gasteiger partial charge < -0.3 is 10.5 Å². The van der Waals surface area contributed by atoms with Crippen LogP contribution in [0.5, 0.6) is 5.75 Å².